The Hall–Kier alpha value is -2.86. The van der Waals surface area contributed by atoms with Gasteiger partial charge in [-0.15, -0.1) is 0 Å². The summed E-state index contributed by atoms with van der Waals surface area (Å²) < 4.78 is 12.6. The van der Waals surface area contributed by atoms with Crippen LogP contribution in [-0.4, -0.2) is 29.7 Å². The minimum atomic E-state index is -0.442. The Morgan fingerprint density at radius 2 is 1.45 bits per heavy atom. The Morgan fingerprint density at radius 3 is 1.95 bits per heavy atom. The number of carbonyl (C=O) groups excluding carboxylic acids is 2. The summed E-state index contributed by atoms with van der Waals surface area (Å²) in [7, 11) is 1.62. The van der Waals surface area contributed by atoms with Gasteiger partial charge in [-0.25, -0.2) is 0 Å². The molecular formula is C34H40BrNO4. The molecular weight excluding hydrogens is 566 g/mol. The fourth-order valence-corrected chi connectivity index (χ4v) is 7.15. The Bertz CT molecular complexity index is 1360. The third-order valence-electron chi connectivity index (χ3n) is 8.14. The molecule has 0 bridgehead atoms. The van der Waals surface area contributed by atoms with Gasteiger partial charge in [-0.3, -0.25) is 9.59 Å². The highest BCUT2D eigenvalue weighted by molar-refractivity contribution is 9.10. The Kier molecular flexibility index (Phi) is 7.54. The predicted octanol–water partition coefficient (Wildman–Crippen LogP) is 8.13. The van der Waals surface area contributed by atoms with Crippen LogP contribution in [0, 0.1) is 10.8 Å². The van der Waals surface area contributed by atoms with Gasteiger partial charge in [0.05, 0.1) is 17.7 Å². The van der Waals surface area contributed by atoms with Crippen molar-refractivity contribution in [3.63, 3.8) is 0 Å². The molecule has 5 rings (SSSR count). The Morgan fingerprint density at radius 1 is 0.900 bits per heavy atom. The van der Waals surface area contributed by atoms with Crippen LogP contribution >= 0.6 is 15.9 Å². The summed E-state index contributed by atoms with van der Waals surface area (Å²) in [6, 6.07) is 14.3. The van der Waals surface area contributed by atoms with E-state index in [2.05, 4.69) is 60.7 Å². The summed E-state index contributed by atoms with van der Waals surface area (Å²) in [5, 5.41) is 0. The molecule has 0 aromatic heterocycles. The molecule has 3 aliphatic rings. The van der Waals surface area contributed by atoms with Crippen molar-refractivity contribution < 1.29 is 19.1 Å². The van der Waals surface area contributed by atoms with Crippen molar-refractivity contribution in [3.8, 4) is 11.5 Å². The van der Waals surface area contributed by atoms with Crippen molar-refractivity contribution in [2.45, 2.75) is 85.8 Å². The monoisotopic (exact) mass is 605 g/mol. The van der Waals surface area contributed by atoms with Crippen molar-refractivity contribution in [1.82, 2.24) is 4.90 Å². The maximum atomic E-state index is 14.1. The Labute approximate surface area is 246 Å². The van der Waals surface area contributed by atoms with E-state index in [1.807, 2.05) is 44.2 Å². The average molecular weight is 607 g/mol. The fourth-order valence-electron chi connectivity index (χ4n) is 6.59. The lowest BCUT2D eigenvalue weighted by Crippen LogP contribution is -2.44. The van der Waals surface area contributed by atoms with E-state index in [1.165, 1.54) is 0 Å². The average Bonchev–Trinajstić information content (AvgIpc) is 2.85. The number of Topliss-reactive ketones (excluding diaryl/α,β-unsaturated/α-hetero) is 2. The molecule has 0 amide bonds. The van der Waals surface area contributed by atoms with E-state index in [0.717, 1.165) is 51.0 Å². The van der Waals surface area contributed by atoms with E-state index in [-0.39, 0.29) is 28.5 Å². The van der Waals surface area contributed by atoms with Gasteiger partial charge in [-0.2, -0.15) is 0 Å². The van der Waals surface area contributed by atoms with Gasteiger partial charge < -0.3 is 14.4 Å². The van der Waals surface area contributed by atoms with Gasteiger partial charge in [-0.1, -0.05) is 58.0 Å². The molecule has 2 aliphatic carbocycles. The molecule has 0 saturated heterocycles. The van der Waals surface area contributed by atoms with Crippen molar-refractivity contribution in [2.24, 2.45) is 10.8 Å². The lowest BCUT2D eigenvalue weighted by atomic mass is 9.63. The second kappa shape index (κ2) is 10.5. The zero-order valence-corrected chi connectivity index (χ0v) is 26.3. The van der Waals surface area contributed by atoms with Crippen molar-refractivity contribution in [2.75, 3.05) is 7.11 Å². The van der Waals surface area contributed by atoms with E-state index in [9.17, 15) is 9.59 Å². The van der Waals surface area contributed by atoms with E-state index in [4.69, 9.17) is 9.47 Å². The first kappa shape index (κ1) is 28.7. The Balaban J connectivity index is 1.77. The highest BCUT2D eigenvalue weighted by Crippen LogP contribution is 2.55. The van der Waals surface area contributed by atoms with Gasteiger partial charge >= 0.3 is 0 Å². The minimum absolute atomic E-state index is 0.0368. The van der Waals surface area contributed by atoms with Crippen LogP contribution < -0.4 is 9.47 Å². The molecule has 0 unspecified atom stereocenters. The summed E-state index contributed by atoms with van der Waals surface area (Å²) in [4.78, 5) is 30.5. The molecule has 0 radical (unpaired) electrons. The van der Waals surface area contributed by atoms with Gasteiger partial charge in [0, 0.05) is 47.8 Å². The summed E-state index contributed by atoms with van der Waals surface area (Å²) in [6.45, 7) is 13.3. The zero-order chi connectivity index (χ0) is 29.0. The van der Waals surface area contributed by atoms with E-state index in [0.29, 0.717) is 30.9 Å². The maximum absolute atomic E-state index is 14.1. The standard InChI is InChI=1S/C34H40BrNO4/c1-20(2)40-32-23(35)13-22(14-28(32)39-7)29-30-24(15-33(3,4)17-26(30)37)36(19-21-11-9-8-10-12-21)25-16-34(5,6)18-27(38)31(25)29/h8-14,20,29H,15-19H2,1-7H3. The third kappa shape index (κ3) is 5.39. The second-order valence-corrected chi connectivity index (χ2v) is 14.2. The van der Waals surface area contributed by atoms with Gasteiger partial charge in [0.25, 0.3) is 0 Å². The number of rotatable bonds is 6. The summed E-state index contributed by atoms with van der Waals surface area (Å²) in [5.41, 5.74) is 5.31. The summed E-state index contributed by atoms with van der Waals surface area (Å²) >= 11 is 3.72. The van der Waals surface area contributed by atoms with Crippen molar-refractivity contribution in [1.29, 1.82) is 0 Å². The first-order valence-corrected chi connectivity index (χ1v) is 15.0. The van der Waals surface area contributed by atoms with Gasteiger partial charge in [0.15, 0.2) is 23.1 Å². The number of benzene rings is 2. The van der Waals surface area contributed by atoms with Gasteiger partial charge in [0.2, 0.25) is 0 Å². The van der Waals surface area contributed by atoms with Crippen molar-refractivity contribution >= 4 is 27.5 Å². The minimum Gasteiger partial charge on any atom is -0.493 e. The number of carbonyl (C=O) groups is 2. The molecule has 6 heteroatoms. The van der Waals surface area contributed by atoms with E-state index >= 15 is 0 Å². The molecule has 0 spiro atoms. The van der Waals surface area contributed by atoms with Crippen molar-refractivity contribution in [3.05, 3.63) is 80.6 Å². The maximum Gasteiger partial charge on any atom is 0.175 e. The quantitative estimate of drug-likeness (QED) is 0.332. The second-order valence-electron chi connectivity index (χ2n) is 13.3. The number of hydrogen-bond acceptors (Lipinski definition) is 5. The van der Waals surface area contributed by atoms with E-state index < -0.39 is 5.92 Å². The van der Waals surface area contributed by atoms with Crippen LogP contribution in [0.15, 0.2) is 69.5 Å². The van der Waals surface area contributed by atoms with Crippen LogP contribution in [0.4, 0.5) is 0 Å². The van der Waals surface area contributed by atoms with Gasteiger partial charge in [0.1, 0.15) is 0 Å². The number of halogens is 1. The summed E-state index contributed by atoms with van der Waals surface area (Å²) in [6.07, 6.45) is 2.42. The fraction of sp³-hybridized carbons (Fsp3) is 0.471. The van der Waals surface area contributed by atoms with Crippen LogP contribution in [-0.2, 0) is 16.1 Å². The molecule has 0 fully saturated rings. The third-order valence-corrected chi connectivity index (χ3v) is 8.73. The molecule has 2 aromatic rings. The topological polar surface area (TPSA) is 55.8 Å². The molecule has 1 heterocycles. The lowest BCUT2D eigenvalue weighted by molar-refractivity contribution is -0.119. The summed E-state index contributed by atoms with van der Waals surface area (Å²) in [5.74, 6) is 1.01. The van der Waals surface area contributed by atoms with Crippen LogP contribution in [0.1, 0.15) is 84.3 Å². The molecule has 0 atom stereocenters. The predicted molar refractivity (Wildman–Crippen MR) is 161 cm³/mol. The van der Waals surface area contributed by atoms with Crippen LogP contribution in [0.25, 0.3) is 0 Å². The van der Waals surface area contributed by atoms with E-state index in [1.54, 1.807) is 7.11 Å². The number of allylic oxidation sites excluding steroid dienone is 4. The molecule has 5 nitrogen and oxygen atoms in total. The molecule has 0 N–H and O–H groups in total. The number of methoxy groups -OCH3 is 1. The van der Waals surface area contributed by atoms with Crippen LogP contribution in [0.2, 0.25) is 0 Å². The van der Waals surface area contributed by atoms with Crippen LogP contribution in [0.5, 0.6) is 11.5 Å². The number of nitrogens with zero attached hydrogens (tertiary/aromatic N) is 1. The first-order valence-electron chi connectivity index (χ1n) is 14.2. The molecule has 0 saturated carbocycles. The molecule has 40 heavy (non-hydrogen) atoms. The molecule has 212 valence electrons. The smallest absolute Gasteiger partial charge is 0.175 e. The molecule has 2 aromatic carbocycles. The zero-order valence-electron chi connectivity index (χ0n) is 24.7. The lowest BCUT2D eigenvalue weighted by Gasteiger charge is -2.49. The van der Waals surface area contributed by atoms with Gasteiger partial charge in [-0.05, 0) is 76.7 Å². The first-order chi connectivity index (χ1) is 18.8. The molecule has 1 aliphatic heterocycles. The normalized spacial score (nSPS) is 20.6. The van der Waals surface area contributed by atoms with Crippen LogP contribution in [0.3, 0.4) is 0 Å². The number of hydrogen-bond donors (Lipinski definition) is 0. The number of ketones is 2. The highest BCUT2D eigenvalue weighted by atomic mass is 79.9. The largest absolute Gasteiger partial charge is 0.493 e. The SMILES string of the molecule is COc1cc(C2C3=C(CC(C)(C)CC3=O)N(Cc3ccccc3)C3=C2C(=O)CC(C)(C)C3)cc(Br)c1OC(C)C. The number of ether oxygens (including phenoxy) is 2. The highest BCUT2D eigenvalue weighted by Gasteiger charge is 2.49.